The third kappa shape index (κ3) is 1.94. The molecule has 0 fully saturated rings. The number of hydrogen-bond donors (Lipinski definition) is 2. The molecule has 0 unspecified atom stereocenters. The van der Waals surface area contributed by atoms with Gasteiger partial charge in [-0.2, -0.15) is 0 Å². The Morgan fingerprint density at radius 1 is 1.47 bits per heavy atom. The summed E-state index contributed by atoms with van der Waals surface area (Å²) in [4.78, 5) is 10.6. The fourth-order valence-corrected chi connectivity index (χ4v) is 1.69. The number of aliphatic hydroxyl groups is 1. The van der Waals surface area contributed by atoms with Crippen molar-refractivity contribution in [1.82, 2.24) is 0 Å². The molecule has 1 aromatic rings. The summed E-state index contributed by atoms with van der Waals surface area (Å²) in [5, 5.41) is 18.0. The molecule has 0 bridgehead atoms. The van der Waals surface area contributed by atoms with Gasteiger partial charge in [0.25, 0.3) is 0 Å². The third-order valence-electron chi connectivity index (χ3n) is 2.48. The zero-order valence-electron chi connectivity index (χ0n) is 8.14. The van der Waals surface area contributed by atoms with E-state index in [1.165, 1.54) is 0 Å². The van der Waals surface area contributed by atoms with Gasteiger partial charge in [-0.15, -0.1) is 0 Å². The third-order valence-corrected chi connectivity index (χ3v) is 2.48. The maximum absolute atomic E-state index is 10.6. The standard InChI is InChI=1S/C11H12O4/c12-10(11(13)14)8-3-4-9-7(6-8)2-1-5-15-9/h3-4,6,10,12H,1-2,5H2,(H,13,14)/t10-/m0/s1. The maximum atomic E-state index is 10.6. The highest BCUT2D eigenvalue weighted by Gasteiger charge is 2.18. The monoisotopic (exact) mass is 208 g/mol. The van der Waals surface area contributed by atoms with Crippen LogP contribution in [0.25, 0.3) is 0 Å². The lowest BCUT2D eigenvalue weighted by Gasteiger charge is -2.18. The molecule has 2 rings (SSSR count). The summed E-state index contributed by atoms with van der Waals surface area (Å²) >= 11 is 0. The second-order valence-corrected chi connectivity index (χ2v) is 3.56. The first kappa shape index (κ1) is 9.98. The smallest absolute Gasteiger partial charge is 0.337 e. The summed E-state index contributed by atoms with van der Waals surface area (Å²) in [6, 6.07) is 5.01. The number of benzene rings is 1. The van der Waals surface area contributed by atoms with Crippen LogP contribution in [-0.4, -0.2) is 22.8 Å². The van der Waals surface area contributed by atoms with Crippen molar-refractivity contribution < 1.29 is 19.7 Å². The molecule has 0 aliphatic carbocycles. The minimum Gasteiger partial charge on any atom is -0.493 e. The largest absolute Gasteiger partial charge is 0.493 e. The predicted octanol–water partition coefficient (Wildman–Crippen LogP) is 1.13. The minimum absolute atomic E-state index is 0.409. The predicted molar refractivity (Wildman–Crippen MR) is 52.9 cm³/mol. The van der Waals surface area contributed by atoms with Crippen molar-refractivity contribution in [3.63, 3.8) is 0 Å². The zero-order chi connectivity index (χ0) is 10.8. The highest BCUT2D eigenvalue weighted by Crippen LogP contribution is 2.27. The van der Waals surface area contributed by atoms with E-state index in [1.807, 2.05) is 0 Å². The average Bonchev–Trinajstić information content (AvgIpc) is 2.27. The average molecular weight is 208 g/mol. The van der Waals surface area contributed by atoms with Gasteiger partial charge in [0.2, 0.25) is 0 Å². The van der Waals surface area contributed by atoms with E-state index in [0.717, 1.165) is 24.2 Å². The highest BCUT2D eigenvalue weighted by molar-refractivity contribution is 5.74. The van der Waals surface area contributed by atoms with Gasteiger partial charge in [-0.05, 0) is 36.1 Å². The number of fused-ring (bicyclic) bond motifs is 1. The van der Waals surface area contributed by atoms with Crippen LogP contribution in [0.15, 0.2) is 18.2 Å². The van der Waals surface area contributed by atoms with Gasteiger partial charge in [0.1, 0.15) is 5.75 Å². The highest BCUT2D eigenvalue weighted by atomic mass is 16.5. The van der Waals surface area contributed by atoms with Crippen LogP contribution < -0.4 is 4.74 Å². The molecule has 0 spiro atoms. The van der Waals surface area contributed by atoms with E-state index in [4.69, 9.17) is 9.84 Å². The summed E-state index contributed by atoms with van der Waals surface area (Å²) in [6.45, 7) is 0.702. The fraction of sp³-hybridized carbons (Fsp3) is 0.364. The zero-order valence-corrected chi connectivity index (χ0v) is 8.14. The Bertz CT molecular complexity index is 386. The maximum Gasteiger partial charge on any atom is 0.337 e. The van der Waals surface area contributed by atoms with Crippen LogP contribution in [0.1, 0.15) is 23.7 Å². The van der Waals surface area contributed by atoms with Crippen LogP contribution >= 0.6 is 0 Å². The fourth-order valence-electron chi connectivity index (χ4n) is 1.69. The molecule has 0 amide bonds. The number of hydrogen-bond acceptors (Lipinski definition) is 3. The molecule has 4 nitrogen and oxygen atoms in total. The topological polar surface area (TPSA) is 66.8 Å². The van der Waals surface area contributed by atoms with E-state index in [-0.39, 0.29) is 0 Å². The first-order valence-electron chi connectivity index (χ1n) is 4.85. The molecule has 1 heterocycles. The van der Waals surface area contributed by atoms with Crippen LogP contribution in [0.3, 0.4) is 0 Å². The van der Waals surface area contributed by atoms with Gasteiger partial charge in [0, 0.05) is 0 Å². The van der Waals surface area contributed by atoms with Gasteiger partial charge in [0.15, 0.2) is 6.10 Å². The van der Waals surface area contributed by atoms with Crippen molar-refractivity contribution in [2.45, 2.75) is 18.9 Å². The summed E-state index contributed by atoms with van der Waals surface area (Å²) in [5.74, 6) is -0.436. The van der Waals surface area contributed by atoms with E-state index in [1.54, 1.807) is 18.2 Å². The van der Waals surface area contributed by atoms with Gasteiger partial charge >= 0.3 is 5.97 Å². The second kappa shape index (κ2) is 3.90. The molecule has 0 radical (unpaired) electrons. The van der Waals surface area contributed by atoms with Gasteiger partial charge in [0.05, 0.1) is 6.61 Å². The van der Waals surface area contributed by atoms with Crippen LogP contribution in [0.2, 0.25) is 0 Å². The minimum atomic E-state index is -1.45. The number of ether oxygens (including phenoxy) is 1. The van der Waals surface area contributed by atoms with E-state index < -0.39 is 12.1 Å². The number of carboxylic acid groups (broad SMARTS) is 1. The molecule has 0 saturated carbocycles. The molecule has 4 heteroatoms. The second-order valence-electron chi connectivity index (χ2n) is 3.56. The Morgan fingerprint density at radius 2 is 2.27 bits per heavy atom. The van der Waals surface area contributed by atoms with E-state index >= 15 is 0 Å². The van der Waals surface area contributed by atoms with E-state index in [0.29, 0.717) is 12.2 Å². The summed E-state index contributed by atoms with van der Waals surface area (Å²) in [5.41, 5.74) is 1.38. The van der Waals surface area contributed by atoms with Crippen LogP contribution in [0.4, 0.5) is 0 Å². The normalized spacial score (nSPS) is 16.3. The van der Waals surface area contributed by atoms with Gasteiger partial charge < -0.3 is 14.9 Å². The van der Waals surface area contributed by atoms with Crippen molar-refractivity contribution in [2.24, 2.45) is 0 Å². The van der Waals surface area contributed by atoms with Crippen molar-refractivity contribution in [1.29, 1.82) is 0 Å². The lowest BCUT2D eigenvalue weighted by atomic mass is 10.0. The number of rotatable bonds is 2. The molecule has 1 aliphatic heterocycles. The van der Waals surface area contributed by atoms with Crippen molar-refractivity contribution in [3.8, 4) is 5.75 Å². The van der Waals surface area contributed by atoms with E-state index in [9.17, 15) is 9.90 Å². The van der Waals surface area contributed by atoms with Crippen LogP contribution in [0, 0.1) is 0 Å². The molecule has 1 aliphatic rings. The van der Waals surface area contributed by atoms with E-state index in [2.05, 4.69) is 0 Å². The van der Waals surface area contributed by atoms with Crippen molar-refractivity contribution >= 4 is 5.97 Å². The van der Waals surface area contributed by atoms with Crippen molar-refractivity contribution in [2.75, 3.05) is 6.61 Å². The first-order valence-corrected chi connectivity index (χ1v) is 4.85. The molecular weight excluding hydrogens is 196 g/mol. The Kier molecular flexibility index (Phi) is 2.60. The number of aliphatic carboxylic acids is 1. The summed E-state index contributed by atoms with van der Waals surface area (Å²) in [7, 11) is 0. The lowest BCUT2D eigenvalue weighted by molar-refractivity contribution is -0.146. The summed E-state index contributed by atoms with van der Waals surface area (Å²) < 4.78 is 5.39. The number of aryl methyl sites for hydroxylation is 1. The van der Waals surface area contributed by atoms with Gasteiger partial charge in [-0.3, -0.25) is 0 Å². The first-order chi connectivity index (χ1) is 7.18. The van der Waals surface area contributed by atoms with Crippen LogP contribution in [0.5, 0.6) is 5.75 Å². The lowest BCUT2D eigenvalue weighted by Crippen LogP contribution is -2.13. The summed E-state index contributed by atoms with van der Waals surface area (Å²) in [6.07, 6.45) is 0.354. The molecule has 15 heavy (non-hydrogen) atoms. The molecule has 1 aromatic carbocycles. The number of carboxylic acids is 1. The van der Waals surface area contributed by atoms with Crippen molar-refractivity contribution in [3.05, 3.63) is 29.3 Å². The van der Waals surface area contributed by atoms with Crippen LogP contribution in [-0.2, 0) is 11.2 Å². The SMILES string of the molecule is O=C(O)[C@@H](O)c1ccc2c(c1)CCCO2. The Balaban J connectivity index is 2.31. The number of aliphatic hydroxyl groups excluding tert-OH is 1. The quantitative estimate of drug-likeness (QED) is 0.764. The molecular formula is C11H12O4. The van der Waals surface area contributed by atoms with Gasteiger partial charge in [-0.25, -0.2) is 4.79 Å². The molecule has 1 atom stereocenters. The Labute approximate surface area is 87.1 Å². The Morgan fingerprint density at radius 3 is 3.00 bits per heavy atom. The molecule has 2 N–H and O–H groups in total. The molecule has 80 valence electrons. The van der Waals surface area contributed by atoms with Gasteiger partial charge in [-0.1, -0.05) is 6.07 Å². The molecule has 0 aromatic heterocycles. The molecule has 0 saturated heterocycles. The number of carbonyl (C=O) groups is 1. The Hall–Kier alpha value is -1.55.